The molecule has 0 N–H and O–H groups in total. The van der Waals surface area contributed by atoms with Crippen LogP contribution in [0.4, 0.5) is 4.39 Å². The van der Waals surface area contributed by atoms with Crippen molar-refractivity contribution >= 4 is 0 Å². The van der Waals surface area contributed by atoms with Crippen LogP contribution in [0.3, 0.4) is 0 Å². The van der Waals surface area contributed by atoms with Gasteiger partial charge in [0.1, 0.15) is 18.2 Å². The zero-order valence-corrected chi connectivity index (χ0v) is 17.1. The van der Waals surface area contributed by atoms with E-state index in [2.05, 4.69) is 4.90 Å². The van der Waals surface area contributed by atoms with Gasteiger partial charge in [0.25, 0.3) is 5.56 Å². The standard InChI is InChI=1S/C25H27FN2O2/c26-24-16-21(18-27-12-4-5-13-27)8-9-22(24)10-14-28-15-11-23(17-25(28)29)30-19-20-6-2-1-3-7-20/h1-3,6-9,11,15-17H,4-5,10,12-14,18-19H2. The van der Waals surface area contributed by atoms with E-state index < -0.39 is 0 Å². The van der Waals surface area contributed by atoms with E-state index in [0.29, 0.717) is 30.9 Å². The van der Waals surface area contributed by atoms with Crippen LogP contribution in [0.15, 0.2) is 71.7 Å². The molecule has 0 atom stereocenters. The fraction of sp³-hybridized carbons (Fsp3) is 0.320. The second kappa shape index (κ2) is 9.72. The minimum atomic E-state index is -0.192. The Hall–Kier alpha value is -2.92. The van der Waals surface area contributed by atoms with E-state index in [9.17, 15) is 9.18 Å². The van der Waals surface area contributed by atoms with Gasteiger partial charge in [0.2, 0.25) is 0 Å². The Kier molecular flexibility index (Phi) is 6.60. The average Bonchev–Trinajstić information content (AvgIpc) is 3.26. The van der Waals surface area contributed by atoms with Gasteiger partial charge in [-0.1, -0.05) is 42.5 Å². The van der Waals surface area contributed by atoms with Gasteiger partial charge in [-0.15, -0.1) is 0 Å². The Balaban J connectivity index is 1.33. The molecular formula is C25H27FN2O2. The van der Waals surface area contributed by atoms with E-state index in [4.69, 9.17) is 4.74 Å². The summed E-state index contributed by atoms with van der Waals surface area (Å²) < 4.78 is 21.8. The molecule has 0 saturated carbocycles. The predicted molar refractivity (Wildman–Crippen MR) is 116 cm³/mol. The SMILES string of the molecule is O=c1cc(OCc2ccccc2)ccn1CCc1ccc(CN2CCCC2)cc1F. The summed E-state index contributed by atoms with van der Waals surface area (Å²) in [4.78, 5) is 14.7. The number of pyridine rings is 1. The van der Waals surface area contributed by atoms with Crippen LogP contribution < -0.4 is 10.3 Å². The van der Waals surface area contributed by atoms with Gasteiger partial charge in [-0.2, -0.15) is 0 Å². The molecule has 0 bridgehead atoms. The Bertz CT molecular complexity index is 1030. The van der Waals surface area contributed by atoms with Crippen LogP contribution in [-0.4, -0.2) is 22.6 Å². The summed E-state index contributed by atoms with van der Waals surface area (Å²) in [6.07, 6.45) is 4.64. The van der Waals surface area contributed by atoms with Crippen molar-refractivity contribution in [3.05, 3.63) is 99.7 Å². The molecule has 1 saturated heterocycles. The topological polar surface area (TPSA) is 34.5 Å². The van der Waals surface area contributed by atoms with Crippen LogP contribution in [0, 0.1) is 5.82 Å². The van der Waals surface area contributed by atoms with Gasteiger partial charge in [0.15, 0.2) is 0 Å². The maximum Gasteiger partial charge on any atom is 0.254 e. The number of halogens is 1. The molecule has 30 heavy (non-hydrogen) atoms. The van der Waals surface area contributed by atoms with Gasteiger partial charge in [-0.05, 0) is 61.2 Å². The zero-order valence-electron chi connectivity index (χ0n) is 17.1. The van der Waals surface area contributed by atoms with Gasteiger partial charge in [0.05, 0.1) is 0 Å². The molecule has 0 spiro atoms. The van der Waals surface area contributed by atoms with E-state index in [1.165, 1.54) is 18.9 Å². The average molecular weight is 407 g/mol. The zero-order chi connectivity index (χ0) is 20.8. The second-order valence-electron chi connectivity index (χ2n) is 7.83. The molecule has 1 aliphatic rings. The Labute approximate surface area is 176 Å². The summed E-state index contributed by atoms with van der Waals surface area (Å²) in [6.45, 7) is 3.84. The number of likely N-dealkylation sites (tertiary alicyclic amines) is 1. The molecule has 5 heteroatoms. The lowest BCUT2D eigenvalue weighted by molar-refractivity contribution is 0.305. The predicted octanol–water partition coefficient (Wildman–Crippen LogP) is 4.40. The highest BCUT2D eigenvalue weighted by Gasteiger charge is 2.13. The van der Waals surface area contributed by atoms with Gasteiger partial charge < -0.3 is 9.30 Å². The summed E-state index contributed by atoms with van der Waals surface area (Å²) in [6, 6.07) is 18.6. The molecule has 1 aromatic heterocycles. The first kappa shape index (κ1) is 20.4. The van der Waals surface area contributed by atoms with Crippen molar-refractivity contribution in [2.75, 3.05) is 13.1 Å². The number of nitrogens with zero attached hydrogens (tertiary/aromatic N) is 2. The number of aromatic nitrogens is 1. The first-order valence-corrected chi connectivity index (χ1v) is 10.5. The molecule has 0 amide bonds. The number of rotatable bonds is 8. The number of ether oxygens (including phenoxy) is 1. The normalized spacial score (nSPS) is 14.2. The first-order valence-electron chi connectivity index (χ1n) is 10.5. The largest absolute Gasteiger partial charge is 0.489 e. The van der Waals surface area contributed by atoms with E-state index >= 15 is 0 Å². The van der Waals surface area contributed by atoms with Crippen molar-refractivity contribution < 1.29 is 9.13 Å². The summed E-state index contributed by atoms with van der Waals surface area (Å²) >= 11 is 0. The Morgan fingerprint density at radius 3 is 2.47 bits per heavy atom. The third-order valence-corrected chi connectivity index (χ3v) is 5.56. The third kappa shape index (κ3) is 5.36. The second-order valence-corrected chi connectivity index (χ2v) is 7.83. The van der Waals surface area contributed by atoms with Crippen molar-refractivity contribution in [3.63, 3.8) is 0 Å². The van der Waals surface area contributed by atoms with Gasteiger partial charge in [-0.3, -0.25) is 9.69 Å². The number of benzene rings is 2. The summed E-state index contributed by atoms with van der Waals surface area (Å²) in [7, 11) is 0. The van der Waals surface area contributed by atoms with Crippen LogP contribution in [0.5, 0.6) is 5.75 Å². The van der Waals surface area contributed by atoms with Crippen LogP contribution in [0.25, 0.3) is 0 Å². The molecule has 2 heterocycles. The van der Waals surface area contributed by atoms with Crippen molar-refractivity contribution in [3.8, 4) is 5.75 Å². The highest BCUT2D eigenvalue weighted by molar-refractivity contribution is 5.25. The maximum atomic E-state index is 14.5. The number of hydrogen-bond donors (Lipinski definition) is 0. The smallest absolute Gasteiger partial charge is 0.254 e. The first-order chi connectivity index (χ1) is 14.7. The molecule has 0 unspecified atom stereocenters. The quantitative estimate of drug-likeness (QED) is 0.556. The van der Waals surface area contributed by atoms with Crippen molar-refractivity contribution in [1.82, 2.24) is 9.47 Å². The molecule has 0 radical (unpaired) electrons. The third-order valence-electron chi connectivity index (χ3n) is 5.56. The molecule has 1 aliphatic heterocycles. The lowest BCUT2D eigenvalue weighted by atomic mass is 10.1. The number of hydrogen-bond acceptors (Lipinski definition) is 3. The summed E-state index contributed by atoms with van der Waals surface area (Å²) in [5.74, 6) is 0.347. The highest BCUT2D eigenvalue weighted by atomic mass is 19.1. The fourth-order valence-electron chi connectivity index (χ4n) is 3.84. The van der Waals surface area contributed by atoms with E-state index in [1.54, 1.807) is 22.9 Å². The molecule has 2 aromatic carbocycles. The molecular weight excluding hydrogens is 379 g/mol. The van der Waals surface area contributed by atoms with Crippen molar-refractivity contribution in [2.45, 2.75) is 39.0 Å². The summed E-state index contributed by atoms with van der Waals surface area (Å²) in [5.41, 5.74) is 2.55. The molecule has 1 fully saturated rings. The maximum absolute atomic E-state index is 14.5. The Morgan fingerprint density at radius 1 is 0.933 bits per heavy atom. The van der Waals surface area contributed by atoms with Crippen LogP contribution in [0.1, 0.15) is 29.5 Å². The fourth-order valence-corrected chi connectivity index (χ4v) is 3.84. The van der Waals surface area contributed by atoms with E-state index in [1.807, 2.05) is 42.5 Å². The molecule has 0 aliphatic carbocycles. The van der Waals surface area contributed by atoms with Crippen molar-refractivity contribution in [2.24, 2.45) is 0 Å². The Morgan fingerprint density at radius 2 is 1.73 bits per heavy atom. The van der Waals surface area contributed by atoms with Crippen LogP contribution >= 0.6 is 0 Å². The van der Waals surface area contributed by atoms with E-state index in [0.717, 1.165) is 30.8 Å². The monoisotopic (exact) mass is 406 g/mol. The summed E-state index contributed by atoms with van der Waals surface area (Å²) in [5, 5.41) is 0. The van der Waals surface area contributed by atoms with Gasteiger partial charge >= 0.3 is 0 Å². The minimum Gasteiger partial charge on any atom is -0.489 e. The minimum absolute atomic E-state index is 0.147. The van der Waals surface area contributed by atoms with Crippen LogP contribution in [-0.2, 0) is 26.1 Å². The van der Waals surface area contributed by atoms with Gasteiger partial charge in [0, 0.05) is 25.4 Å². The van der Waals surface area contributed by atoms with Crippen molar-refractivity contribution in [1.29, 1.82) is 0 Å². The molecule has 4 rings (SSSR count). The molecule has 4 nitrogen and oxygen atoms in total. The lowest BCUT2D eigenvalue weighted by Gasteiger charge is -2.15. The van der Waals surface area contributed by atoms with Crippen LogP contribution in [0.2, 0.25) is 0 Å². The van der Waals surface area contributed by atoms with Gasteiger partial charge in [-0.25, -0.2) is 4.39 Å². The molecule has 3 aromatic rings. The van der Waals surface area contributed by atoms with E-state index in [-0.39, 0.29) is 11.4 Å². The molecule has 156 valence electrons. The highest BCUT2D eigenvalue weighted by Crippen LogP contribution is 2.17. The lowest BCUT2D eigenvalue weighted by Crippen LogP contribution is -2.20. The number of aryl methyl sites for hydroxylation is 2.